The van der Waals surface area contributed by atoms with Gasteiger partial charge in [-0.15, -0.1) is 0 Å². The molecule has 19 heavy (non-hydrogen) atoms. The molecule has 0 heterocycles. The summed E-state index contributed by atoms with van der Waals surface area (Å²) in [6.45, 7) is 0. The number of benzene rings is 1. The zero-order chi connectivity index (χ0) is 14.0. The van der Waals surface area contributed by atoms with E-state index < -0.39 is 30.2 Å². The molecular formula is C12H13FN2O4. The smallest absolute Gasteiger partial charge is 0.405 e. The van der Waals surface area contributed by atoms with Crippen molar-refractivity contribution in [3.8, 4) is 0 Å². The van der Waals surface area contributed by atoms with Crippen LogP contribution in [0.15, 0.2) is 18.2 Å². The minimum Gasteiger partial charge on any atom is -0.442 e. The second kappa shape index (κ2) is 5.13. The van der Waals surface area contributed by atoms with Gasteiger partial charge in [-0.3, -0.25) is 0 Å². The van der Waals surface area contributed by atoms with E-state index in [1.165, 1.54) is 6.07 Å². The number of fused-ring (bicyclic) bond motifs is 1. The van der Waals surface area contributed by atoms with E-state index in [1.54, 1.807) is 12.1 Å². The standard InChI is InChI=1S/C12H13FN2O4/c13-7-3-1-2-6-4-5-8(18-11(14)16)10(9(6)7)19-12(15)17/h1-3,8,10H,4-5H2,(H2,14,16)(H2,15,17)/t8-,10-/m0/s1. The molecule has 1 aromatic carbocycles. The summed E-state index contributed by atoms with van der Waals surface area (Å²) in [5, 5.41) is 0. The van der Waals surface area contributed by atoms with E-state index >= 15 is 0 Å². The van der Waals surface area contributed by atoms with E-state index in [1.807, 2.05) is 0 Å². The summed E-state index contributed by atoms with van der Waals surface area (Å²) < 4.78 is 23.6. The van der Waals surface area contributed by atoms with Crippen molar-refractivity contribution in [2.45, 2.75) is 25.0 Å². The lowest BCUT2D eigenvalue weighted by Crippen LogP contribution is -2.36. The molecular weight excluding hydrogens is 255 g/mol. The molecule has 0 spiro atoms. The van der Waals surface area contributed by atoms with Crippen LogP contribution in [0.3, 0.4) is 0 Å². The molecule has 0 saturated heterocycles. The first kappa shape index (κ1) is 13.1. The summed E-state index contributed by atoms with van der Waals surface area (Å²) >= 11 is 0. The molecule has 1 aliphatic carbocycles. The number of primary amides is 2. The van der Waals surface area contributed by atoms with Crippen LogP contribution in [0.25, 0.3) is 0 Å². The summed E-state index contributed by atoms with van der Waals surface area (Å²) in [4.78, 5) is 21.8. The lowest BCUT2D eigenvalue weighted by atomic mass is 9.87. The average molecular weight is 268 g/mol. The van der Waals surface area contributed by atoms with Crippen molar-refractivity contribution >= 4 is 12.2 Å². The first-order chi connectivity index (χ1) is 8.99. The van der Waals surface area contributed by atoms with Gasteiger partial charge in [0.05, 0.1) is 0 Å². The highest BCUT2D eigenvalue weighted by Crippen LogP contribution is 2.36. The zero-order valence-corrected chi connectivity index (χ0v) is 9.97. The topological polar surface area (TPSA) is 105 Å². The molecule has 0 unspecified atom stereocenters. The number of rotatable bonds is 2. The molecule has 1 aliphatic rings. The number of ether oxygens (including phenoxy) is 2. The Kier molecular flexibility index (Phi) is 3.55. The van der Waals surface area contributed by atoms with Crippen molar-refractivity contribution in [1.29, 1.82) is 0 Å². The summed E-state index contributed by atoms with van der Waals surface area (Å²) in [5.41, 5.74) is 10.8. The van der Waals surface area contributed by atoms with Gasteiger partial charge in [0.25, 0.3) is 0 Å². The maximum atomic E-state index is 13.9. The summed E-state index contributed by atoms with van der Waals surface area (Å²) in [5.74, 6) is -0.540. The first-order valence-corrected chi connectivity index (χ1v) is 5.68. The Bertz CT molecular complexity index is 520. The highest BCUT2D eigenvalue weighted by Gasteiger charge is 2.36. The molecule has 2 atom stereocenters. The lowest BCUT2D eigenvalue weighted by molar-refractivity contribution is -0.0159. The molecule has 0 bridgehead atoms. The number of nitrogens with two attached hydrogens (primary N) is 2. The summed E-state index contributed by atoms with van der Waals surface area (Å²) in [6, 6.07) is 4.52. The Balaban J connectivity index is 2.39. The number of halogens is 1. The van der Waals surface area contributed by atoms with E-state index in [0.29, 0.717) is 18.4 Å². The number of carbonyl (C=O) groups excluding carboxylic acids is 2. The third kappa shape index (κ3) is 2.75. The Morgan fingerprint density at radius 3 is 2.53 bits per heavy atom. The van der Waals surface area contributed by atoms with Crippen LogP contribution in [-0.2, 0) is 15.9 Å². The third-order valence-corrected chi connectivity index (χ3v) is 2.97. The van der Waals surface area contributed by atoms with Crippen LogP contribution in [0.4, 0.5) is 14.0 Å². The van der Waals surface area contributed by atoms with Crippen molar-refractivity contribution in [2.75, 3.05) is 0 Å². The van der Waals surface area contributed by atoms with Gasteiger partial charge in [0.15, 0.2) is 6.10 Å². The second-order valence-electron chi connectivity index (χ2n) is 4.18. The fourth-order valence-corrected chi connectivity index (χ4v) is 2.28. The van der Waals surface area contributed by atoms with Gasteiger partial charge < -0.3 is 20.9 Å². The molecule has 1 aromatic rings. The normalized spacial score (nSPS) is 21.3. The quantitative estimate of drug-likeness (QED) is 0.845. The monoisotopic (exact) mass is 268 g/mol. The van der Waals surface area contributed by atoms with E-state index in [4.69, 9.17) is 20.9 Å². The molecule has 4 N–H and O–H groups in total. The molecule has 102 valence electrons. The Morgan fingerprint density at radius 1 is 1.21 bits per heavy atom. The van der Waals surface area contributed by atoms with Gasteiger partial charge in [-0.25, -0.2) is 14.0 Å². The molecule has 0 aliphatic heterocycles. The van der Waals surface area contributed by atoms with Crippen LogP contribution < -0.4 is 11.5 Å². The molecule has 6 nitrogen and oxygen atoms in total. The predicted octanol–water partition coefficient (Wildman–Crippen LogP) is 1.37. The average Bonchev–Trinajstić information content (AvgIpc) is 2.31. The van der Waals surface area contributed by atoms with Crippen LogP contribution in [-0.4, -0.2) is 18.3 Å². The van der Waals surface area contributed by atoms with Crippen LogP contribution >= 0.6 is 0 Å². The van der Waals surface area contributed by atoms with Gasteiger partial charge in [0.1, 0.15) is 11.9 Å². The molecule has 2 amide bonds. The van der Waals surface area contributed by atoms with Gasteiger partial charge in [-0.1, -0.05) is 12.1 Å². The molecule has 7 heteroatoms. The molecule has 0 fully saturated rings. The van der Waals surface area contributed by atoms with Crippen molar-refractivity contribution in [3.63, 3.8) is 0 Å². The Labute approximate surface area is 108 Å². The second-order valence-corrected chi connectivity index (χ2v) is 4.18. The number of hydrogen-bond donors (Lipinski definition) is 2. The summed E-state index contributed by atoms with van der Waals surface area (Å²) in [6.07, 6.45) is -3.13. The third-order valence-electron chi connectivity index (χ3n) is 2.97. The predicted molar refractivity (Wildman–Crippen MR) is 62.6 cm³/mol. The van der Waals surface area contributed by atoms with Crippen LogP contribution in [0, 0.1) is 5.82 Å². The van der Waals surface area contributed by atoms with Crippen molar-refractivity contribution < 1.29 is 23.5 Å². The van der Waals surface area contributed by atoms with Gasteiger partial charge in [-0.05, 0) is 24.5 Å². The largest absolute Gasteiger partial charge is 0.442 e. The maximum absolute atomic E-state index is 13.9. The maximum Gasteiger partial charge on any atom is 0.405 e. The minimum atomic E-state index is -1.07. The lowest BCUT2D eigenvalue weighted by Gasteiger charge is -2.31. The van der Waals surface area contributed by atoms with Gasteiger partial charge in [-0.2, -0.15) is 0 Å². The van der Waals surface area contributed by atoms with Crippen molar-refractivity contribution in [1.82, 2.24) is 0 Å². The fraction of sp³-hybridized carbons (Fsp3) is 0.333. The fourth-order valence-electron chi connectivity index (χ4n) is 2.28. The van der Waals surface area contributed by atoms with Crippen LogP contribution in [0.1, 0.15) is 23.7 Å². The van der Waals surface area contributed by atoms with E-state index in [9.17, 15) is 14.0 Å². The number of aryl methyl sites for hydroxylation is 1. The minimum absolute atomic E-state index is 0.179. The van der Waals surface area contributed by atoms with Gasteiger partial charge >= 0.3 is 12.2 Å². The van der Waals surface area contributed by atoms with Gasteiger partial charge in [0.2, 0.25) is 0 Å². The first-order valence-electron chi connectivity index (χ1n) is 5.68. The zero-order valence-electron chi connectivity index (χ0n) is 9.97. The van der Waals surface area contributed by atoms with Crippen molar-refractivity contribution in [3.05, 3.63) is 35.1 Å². The molecule has 2 rings (SSSR count). The van der Waals surface area contributed by atoms with Crippen LogP contribution in [0.2, 0.25) is 0 Å². The van der Waals surface area contributed by atoms with Crippen molar-refractivity contribution in [2.24, 2.45) is 11.5 Å². The highest BCUT2D eigenvalue weighted by atomic mass is 19.1. The number of carbonyl (C=O) groups is 2. The van der Waals surface area contributed by atoms with E-state index in [-0.39, 0.29) is 5.56 Å². The molecule has 0 saturated carbocycles. The Hall–Kier alpha value is -2.31. The Morgan fingerprint density at radius 2 is 1.89 bits per heavy atom. The summed E-state index contributed by atoms with van der Waals surface area (Å²) in [7, 11) is 0. The van der Waals surface area contributed by atoms with Gasteiger partial charge in [0, 0.05) is 5.56 Å². The van der Waals surface area contributed by atoms with E-state index in [0.717, 1.165) is 0 Å². The highest BCUT2D eigenvalue weighted by molar-refractivity contribution is 5.66. The molecule has 0 aromatic heterocycles. The van der Waals surface area contributed by atoms with E-state index in [2.05, 4.69) is 0 Å². The number of hydrogen-bond acceptors (Lipinski definition) is 4. The molecule has 0 radical (unpaired) electrons. The number of amides is 2. The SMILES string of the molecule is NC(=O)O[C@H]1CCc2cccc(F)c2[C@H]1OC(N)=O. The van der Waals surface area contributed by atoms with Crippen LogP contribution in [0.5, 0.6) is 0 Å².